The molecule has 0 amide bonds. The number of nitrogens with zero attached hydrogens (tertiary/aromatic N) is 4. The van der Waals surface area contributed by atoms with E-state index in [-0.39, 0.29) is 36.1 Å². The molecule has 2 aromatic rings. The summed E-state index contributed by atoms with van der Waals surface area (Å²) in [6.45, 7) is 1.14. The normalized spacial score (nSPS) is 19.4. The molecular weight excluding hydrogens is 462 g/mol. The van der Waals surface area contributed by atoms with Gasteiger partial charge in [0.25, 0.3) is 0 Å². The maximum absolute atomic E-state index is 14.5. The van der Waals surface area contributed by atoms with Crippen molar-refractivity contribution >= 4 is 27.3 Å². The fourth-order valence-electron chi connectivity index (χ4n) is 3.35. The van der Waals surface area contributed by atoms with E-state index in [1.165, 1.54) is 4.31 Å². The molecule has 0 unspecified atom stereocenters. The Morgan fingerprint density at radius 3 is 2.45 bits per heavy atom. The molecule has 2 aromatic heterocycles. The maximum Gasteiger partial charge on any atom is 0.434 e. The Hall–Kier alpha value is -1.90. The van der Waals surface area contributed by atoms with Crippen molar-refractivity contribution in [3.63, 3.8) is 0 Å². The van der Waals surface area contributed by atoms with Gasteiger partial charge in [0.2, 0.25) is 16.0 Å². The highest BCUT2D eigenvalue weighted by Crippen LogP contribution is 2.43. The lowest BCUT2D eigenvalue weighted by atomic mass is 10.1. The number of ether oxygens (including phenoxy) is 1. The van der Waals surface area contributed by atoms with Crippen LogP contribution in [0.4, 0.5) is 23.5 Å². The largest absolute Gasteiger partial charge is 0.434 e. The van der Waals surface area contributed by atoms with Crippen LogP contribution in [0.2, 0.25) is 0 Å². The number of piperidine rings is 1. The number of hydrogen-bond acceptors (Lipinski definition) is 8. The number of anilines is 1. The lowest BCUT2D eigenvalue weighted by Gasteiger charge is -2.30. The van der Waals surface area contributed by atoms with E-state index in [1.54, 1.807) is 0 Å². The second-order valence-electron chi connectivity index (χ2n) is 7.43. The second-order valence-corrected chi connectivity index (χ2v) is 10.4. The molecule has 0 spiro atoms. The number of hydrogen-bond donors (Lipinski definition) is 1. The summed E-state index contributed by atoms with van der Waals surface area (Å²) in [6.07, 6.45) is -1.89. The van der Waals surface area contributed by atoms with Gasteiger partial charge in [-0.05, 0) is 12.8 Å². The highest BCUT2D eigenvalue weighted by molar-refractivity contribution is 7.88. The minimum Gasteiger partial charge on any atom is -0.380 e. The van der Waals surface area contributed by atoms with E-state index in [0.29, 0.717) is 25.9 Å². The molecule has 0 saturated carbocycles. The van der Waals surface area contributed by atoms with Crippen LogP contribution in [-0.4, -0.2) is 66.3 Å². The summed E-state index contributed by atoms with van der Waals surface area (Å²) in [6, 6.07) is -0.192. The molecule has 31 heavy (non-hydrogen) atoms. The van der Waals surface area contributed by atoms with Crippen LogP contribution in [0.1, 0.15) is 29.5 Å². The minimum absolute atomic E-state index is 0.0238. The third-order valence-corrected chi connectivity index (χ3v) is 7.64. The maximum atomic E-state index is 14.5. The van der Waals surface area contributed by atoms with E-state index in [4.69, 9.17) is 4.74 Å². The first kappa shape index (κ1) is 22.3. The van der Waals surface area contributed by atoms with E-state index in [0.717, 1.165) is 23.8 Å². The van der Waals surface area contributed by atoms with Crippen LogP contribution in [0, 0.1) is 5.82 Å². The molecule has 2 fully saturated rings. The first-order chi connectivity index (χ1) is 14.5. The van der Waals surface area contributed by atoms with Gasteiger partial charge in [0, 0.05) is 19.1 Å². The van der Waals surface area contributed by atoms with E-state index in [9.17, 15) is 26.0 Å². The molecule has 4 heterocycles. The number of thiazole rings is 1. The zero-order valence-corrected chi connectivity index (χ0v) is 17.9. The topological polar surface area (TPSA) is 97.3 Å². The van der Waals surface area contributed by atoms with Crippen molar-refractivity contribution in [2.24, 2.45) is 0 Å². The highest BCUT2D eigenvalue weighted by Gasteiger charge is 2.40. The van der Waals surface area contributed by atoms with Gasteiger partial charge in [-0.3, -0.25) is 0 Å². The Morgan fingerprint density at radius 2 is 1.90 bits per heavy atom. The van der Waals surface area contributed by atoms with Crippen molar-refractivity contribution < 1.29 is 30.7 Å². The molecule has 8 nitrogen and oxygen atoms in total. The van der Waals surface area contributed by atoms with Crippen molar-refractivity contribution in [1.29, 1.82) is 0 Å². The zero-order chi connectivity index (χ0) is 22.4. The summed E-state index contributed by atoms with van der Waals surface area (Å²) in [5.41, 5.74) is -1.65. The molecule has 170 valence electrons. The number of rotatable bonds is 5. The lowest BCUT2D eigenvalue weighted by Crippen LogP contribution is -2.42. The quantitative estimate of drug-likeness (QED) is 0.656. The standard InChI is InChI=1S/C17H19F4N5O3S2/c1-31(27,28)26-4-2-10(3-5-26)23-16-22-6-11(18)12(24-16)13-14(17(19,20)21)25-15(30-13)9-7-29-8-9/h6,9-10H,2-5,7-8H2,1H3,(H,22,23,24). The number of alkyl halides is 3. The predicted octanol–water partition coefficient (Wildman–Crippen LogP) is 2.71. The van der Waals surface area contributed by atoms with Crippen molar-refractivity contribution in [2.45, 2.75) is 31.0 Å². The third-order valence-electron chi connectivity index (χ3n) is 5.11. The number of aromatic nitrogens is 3. The summed E-state index contributed by atoms with van der Waals surface area (Å²) < 4.78 is 84.7. The average Bonchev–Trinajstić information content (AvgIpc) is 3.06. The van der Waals surface area contributed by atoms with Gasteiger partial charge in [0.05, 0.1) is 36.5 Å². The van der Waals surface area contributed by atoms with Crippen LogP contribution < -0.4 is 5.32 Å². The summed E-state index contributed by atoms with van der Waals surface area (Å²) in [4.78, 5) is 11.1. The first-order valence-electron chi connectivity index (χ1n) is 9.42. The van der Waals surface area contributed by atoms with E-state index in [2.05, 4.69) is 20.3 Å². The van der Waals surface area contributed by atoms with E-state index in [1.807, 2.05) is 0 Å². The van der Waals surface area contributed by atoms with Gasteiger partial charge >= 0.3 is 6.18 Å². The van der Waals surface area contributed by atoms with Crippen LogP contribution in [-0.2, 0) is 20.9 Å². The van der Waals surface area contributed by atoms with Crippen molar-refractivity contribution in [3.8, 4) is 10.6 Å². The fraction of sp³-hybridized carbons (Fsp3) is 0.588. The van der Waals surface area contributed by atoms with E-state index >= 15 is 0 Å². The Balaban J connectivity index is 1.58. The third kappa shape index (κ3) is 4.81. The van der Waals surface area contributed by atoms with Crippen molar-refractivity contribution in [3.05, 3.63) is 22.7 Å². The summed E-state index contributed by atoms with van der Waals surface area (Å²) in [5.74, 6) is -1.25. The molecule has 0 aromatic carbocycles. The molecule has 1 N–H and O–H groups in total. The lowest BCUT2D eigenvalue weighted by molar-refractivity contribution is -0.140. The fourth-order valence-corrected chi connectivity index (χ4v) is 5.37. The first-order valence-corrected chi connectivity index (χ1v) is 12.1. The van der Waals surface area contributed by atoms with Gasteiger partial charge in [0.15, 0.2) is 11.5 Å². The van der Waals surface area contributed by atoms with E-state index < -0.39 is 38.3 Å². The van der Waals surface area contributed by atoms with Crippen LogP contribution in [0.15, 0.2) is 6.20 Å². The molecule has 14 heteroatoms. The Labute approximate surface area is 179 Å². The van der Waals surface area contributed by atoms with Crippen LogP contribution in [0.25, 0.3) is 10.6 Å². The van der Waals surface area contributed by atoms with Gasteiger partial charge in [-0.15, -0.1) is 11.3 Å². The summed E-state index contributed by atoms with van der Waals surface area (Å²) in [7, 11) is -3.29. The van der Waals surface area contributed by atoms with Gasteiger partial charge in [-0.25, -0.2) is 32.1 Å². The smallest absolute Gasteiger partial charge is 0.380 e. The molecular formula is C17H19F4N5O3S2. The summed E-state index contributed by atoms with van der Waals surface area (Å²) in [5, 5.41) is 3.20. The molecule has 0 aliphatic carbocycles. The molecule has 4 rings (SSSR count). The van der Waals surface area contributed by atoms with Gasteiger partial charge in [0.1, 0.15) is 10.7 Å². The van der Waals surface area contributed by atoms with Gasteiger partial charge in [-0.1, -0.05) is 0 Å². The van der Waals surface area contributed by atoms with Crippen molar-refractivity contribution in [1.82, 2.24) is 19.3 Å². The number of nitrogens with one attached hydrogen (secondary N) is 1. The van der Waals surface area contributed by atoms with Crippen molar-refractivity contribution in [2.75, 3.05) is 37.9 Å². The van der Waals surface area contributed by atoms with Crippen LogP contribution >= 0.6 is 11.3 Å². The molecule has 0 atom stereocenters. The Kier molecular flexibility index (Phi) is 5.91. The molecule has 0 bridgehead atoms. The van der Waals surface area contributed by atoms with Crippen LogP contribution in [0.3, 0.4) is 0 Å². The number of sulfonamides is 1. The molecule has 0 radical (unpaired) electrons. The zero-order valence-electron chi connectivity index (χ0n) is 16.3. The monoisotopic (exact) mass is 481 g/mol. The SMILES string of the molecule is CS(=O)(=O)N1CCC(Nc2ncc(F)c(-c3sc(C4COC4)nc3C(F)(F)F)n2)CC1. The molecule has 2 aliphatic rings. The number of halogens is 4. The minimum atomic E-state index is -4.77. The summed E-state index contributed by atoms with van der Waals surface area (Å²) >= 11 is 0.753. The Morgan fingerprint density at radius 1 is 1.23 bits per heavy atom. The Bertz CT molecular complexity index is 1060. The second kappa shape index (κ2) is 8.22. The van der Waals surface area contributed by atoms with Gasteiger partial charge < -0.3 is 10.1 Å². The highest BCUT2D eigenvalue weighted by atomic mass is 32.2. The average molecular weight is 481 g/mol. The molecule has 2 saturated heterocycles. The van der Waals surface area contributed by atoms with Crippen LogP contribution in [0.5, 0.6) is 0 Å². The molecule has 2 aliphatic heterocycles. The van der Waals surface area contributed by atoms with Gasteiger partial charge in [-0.2, -0.15) is 13.2 Å². The predicted molar refractivity (Wildman–Crippen MR) is 105 cm³/mol.